The smallest absolute Gasteiger partial charge is 0.289 e. The lowest BCUT2D eigenvalue weighted by molar-refractivity contribution is 0.0535. The molecule has 0 radical (unpaired) electrons. The standard InChI is InChI=1S/C20H21N5O3/c1-12-22-9-15(23-12)19(26)24-10-13-4-3-7-25(16(13)11-24)20(27)18-8-14-17(28-18)5-2-6-21-14/h2,5-6,8-9,13,16H,3-4,7,10-11H2,1H3,(H,22,23)/t13-,16+/m0/s1. The summed E-state index contributed by atoms with van der Waals surface area (Å²) in [5.41, 5.74) is 1.78. The zero-order valence-corrected chi connectivity index (χ0v) is 15.6. The summed E-state index contributed by atoms with van der Waals surface area (Å²) in [7, 11) is 0. The molecule has 0 unspecified atom stereocenters. The third-order valence-electron chi connectivity index (χ3n) is 5.76. The second-order valence-electron chi connectivity index (χ2n) is 7.56. The molecular weight excluding hydrogens is 358 g/mol. The first kappa shape index (κ1) is 17.0. The highest BCUT2D eigenvalue weighted by atomic mass is 16.3. The van der Waals surface area contributed by atoms with Gasteiger partial charge >= 0.3 is 0 Å². The average molecular weight is 379 g/mol. The van der Waals surface area contributed by atoms with Crippen molar-refractivity contribution < 1.29 is 14.0 Å². The van der Waals surface area contributed by atoms with Crippen molar-refractivity contribution in [2.45, 2.75) is 25.8 Å². The molecule has 2 atom stereocenters. The molecule has 2 amide bonds. The van der Waals surface area contributed by atoms with Gasteiger partial charge in [-0.05, 0) is 37.8 Å². The highest BCUT2D eigenvalue weighted by molar-refractivity contribution is 5.96. The van der Waals surface area contributed by atoms with Crippen LogP contribution >= 0.6 is 0 Å². The summed E-state index contributed by atoms with van der Waals surface area (Å²) in [4.78, 5) is 41.0. The number of aromatic amines is 1. The van der Waals surface area contributed by atoms with E-state index >= 15 is 0 Å². The van der Waals surface area contributed by atoms with E-state index in [-0.39, 0.29) is 23.8 Å². The second-order valence-corrected chi connectivity index (χ2v) is 7.56. The van der Waals surface area contributed by atoms with Crippen molar-refractivity contribution in [3.05, 3.63) is 47.9 Å². The molecule has 1 N–H and O–H groups in total. The number of nitrogens with one attached hydrogen (secondary N) is 1. The Labute approximate surface area is 161 Å². The summed E-state index contributed by atoms with van der Waals surface area (Å²) < 4.78 is 5.73. The van der Waals surface area contributed by atoms with Gasteiger partial charge in [0.05, 0.1) is 12.2 Å². The van der Waals surface area contributed by atoms with E-state index in [9.17, 15) is 9.59 Å². The SMILES string of the molecule is Cc1ncc(C(=O)N2C[C@@H]3CCCN(C(=O)c4cc5ncccc5o4)[C@@H]3C2)[nH]1. The molecule has 0 saturated carbocycles. The predicted molar refractivity (Wildman–Crippen MR) is 101 cm³/mol. The van der Waals surface area contributed by atoms with Crippen LogP contribution in [0.4, 0.5) is 0 Å². The fourth-order valence-electron chi connectivity index (χ4n) is 4.41. The molecule has 144 valence electrons. The Morgan fingerprint density at radius 2 is 2.14 bits per heavy atom. The van der Waals surface area contributed by atoms with Crippen molar-refractivity contribution in [2.75, 3.05) is 19.6 Å². The number of H-pyrrole nitrogens is 1. The molecule has 2 aliphatic heterocycles. The molecule has 2 fully saturated rings. The average Bonchev–Trinajstić information content (AvgIpc) is 3.43. The first-order valence-corrected chi connectivity index (χ1v) is 9.56. The van der Waals surface area contributed by atoms with Gasteiger partial charge in [-0.2, -0.15) is 0 Å². The van der Waals surface area contributed by atoms with Crippen LogP contribution in [0.5, 0.6) is 0 Å². The summed E-state index contributed by atoms with van der Waals surface area (Å²) in [5.74, 6) is 1.13. The van der Waals surface area contributed by atoms with Crippen LogP contribution in [0.1, 0.15) is 39.7 Å². The topological polar surface area (TPSA) is 95.3 Å². The van der Waals surface area contributed by atoms with Crippen molar-refractivity contribution in [3.8, 4) is 0 Å². The Bertz CT molecular complexity index is 1020. The third-order valence-corrected chi connectivity index (χ3v) is 5.76. The van der Waals surface area contributed by atoms with Gasteiger partial charge in [-0.25, -0.2) is 4.98 Å². The number of nitrogens with zero attached hydrogens (tertiary/aromatic N) is 4. The Morgan fingerprint density at radius 1 is 1.25 bits per heavy atom. The van der Waals surface area contributed by atoms with Crippen LogP contribution in [0.25, 0.3) is 11.1 Å². The first-order chi connectivity index (χ1) is 13.6. The molecule has 3 aromatic rings. The number of fused-ring (bicyclic) bond motifs is 2. The van der Waals surface area contributed by atoms with Gasteiger partial charge in [0.1, 0.15) is 17.0 Å². The minimum absolute atomic E-state index is 0.00962. The number of aromatic nitrogens is 3. The van der Waals surface area contributed by atoms with E-state index in [0.717, 1.165) is 18.7 Å². The lowest BCUT2D eigenvalue weighted by atomic mass is 9.92. The summed E-state index contributed by atoms with van der Waals surface area (Å²) in [6.45, 7) is 3.69. The molecule has 3 aromatic heterocycles. The number of likely N-dealkylation sites (tertiary alicyclic amines) is 2. The van der Waals surface area contributed by atoms with Gasteiger partial charge in [0.15, 0.2) is 11.3 Å². The zero-order chi connectivity index (χ0) is 19.3. The van der Waals surface area contributed by atoms with Gasteiger partial charge < -0.3 is 19.2 Å². The minimum atomic E-state index is -0.126. The van der Waals surface area contributed by atoms with Crippen LogP contribution < -0.4 is 0 Å². The van der Waals surface area contributed by atoms with E-state index in [0.29, 0.717) is 42.2 Å². The summed E-state index contributed by atoms with van der Waals surface area (Å²) in [6, 6.07) is 5.30. The molecular formula is C20H21N5O3. The van der Waals surface area contributed by atoms with E-state index in [2.05, 4.69) is 15.0 Å². The number of carbonyl (C=O) groups excluding carboxylic acids is 2. The fraction of sp³-hybridized carbons (Fsp3) is 0.400. The molecule has 5 heterocycles. The number of aryl methyl sites for hydroxylation is 1. The van der Waals surface area contributed by atoms with E-state index < -0.39 is 0 Å². The van der Waals surface area contributed by atoms with Crippen molar-refractivity contribution >= 4 is 22.9 Å². The normalized spacial score (nSPS) is 21.9. The molecule has 0 aliphatic carbocycles. The Balaban J connectivity index is 1.37. The Morgan fingerprint density at radius 3 is 2.93 bits per heavy atom. The number of carbonyl (C=O) groups is 2. The number of amides is 2. The van der Waals surface area contributed by atoms with Crippen LogP contribution in [0.3, 0.4) is 0 Å². The first-order valence-electron chi connectivity index (χ1n) is 9.56. The van der Waals surface area contributed by atoms with Crippen molar-refractivity contribution in [1.82, 2.24) is 24.8 Å². The van der Waals surface area contributed by atoms with Crippen LogP contribution in [0.2, 0.25) is 0 Å². The van der Waals surface area contributed by atoms with E-state index in [1.807, 2.05) is 16.7 Å². The maximum atomic E-state index is 13.1. The largest absolute Gasteiger partial charge is 0.449 e. The van der Waals surface area contributed by atoms with E-state index in [1.165, 1.54) is 0 Å². The van der Waals surface area contributed by atoms with Crippen LogP contribution in [-0.4, -0.2) is 62.2 Å². The predicted octanol–water partition coefficient (Wildman–Crippen LogP) is 2.24. The van der Waals surface area contributed by atoms with Gasteiger partial charge in [0, 0.05) is 31.9 Å². The third kappa shape index (κ3) is 2.76. The monoisotopic (exact) mass is 379 g/mol. The Hall–Kier alpha value is -3.16. The number of pyridine rings is 1. The highest BCUT2D eigenvalue weighted by Crippen LogP contribution is 2.33. The molecule has 8 nitrogen and oxygen atoms in total. The summed E-state index contributed by atoms with van der Waals surface area (Å²) in [5, 5.41) is 0. The molecule has 28 heavy (non-hydrogen) atoms. The number of piperidine rings is 1. The minimum Gasteiger partial charge on any atom is -0.449 e. The summed E-state index contributed by atoms with van der Waals surface area (Å²) in [6.07, 6.45) is 5.20. The number of imidazole rings is 1. The number of rotatable bonds is 2. The van der Waals surface area contributed by atoms with Gasteiger partial charge in [0.25, 0.3) is 11.8 Å². The molecule has 0 aromatic carbocycles. The van der Waals surface area contributed by atoms with Gasteiger partial charge in [-0.15, -0.1) is 0 Å². The lowest BCUT2D eigenvalue weighted by Gasteiger charge is -2.36. The Kier molecular flexibility index (Phi) is 3.92. The fourth-order valence-corrected chi connectivity index (χ4v) is 4.41. The van der Waals surface area contributed by atoms with Crippen molar-refractivity contribution in [2.24, 2.45) is 5.92 Å². The van der Waals surface area contributed by atoms with Gasteiger partial charge in [-0.1, -0.05) is 0 Å². The number of hydrogen-bond donors (Lipinski definition) is 1. The molecule has 0 spiro atoms. The van der Waals surface area contributed by atoms with Crippen LogP contribution in [0.15, 0.2) is 35.0 Å². The van der Waals surface area contributed by atoms with Gasteiger partial charge in [-0.3, -0.25) is 14.6 Å². The number of furan rings is 1. The van der Waals surface area contributed by atoms with Crippen LogP contribution in [0, 0.1) is 12.8 Å². The van der Waals surface area contributed by atoms with E-state index in [4.69, 9.17) is 4.42 Å². The van der Waals surface area contributed by atoms with E-state index in [1.54, 1.807) is 30.6 Å². The highest BCUT2D eigenvalue weighted by Gasteiger charge is 2.43. The molecule has 8 heteroatoms. The molecule has 5 rings (SSSR count). The van der Waals surface area contributed by atoms with Crippen molar-refractivity contribution in [3.63, 3.8) is 0 Å². The van der Waals surface area contributed by atoms with Crippen LogP contribution in [-0.2, 0) is 0 Å². The molecule has 0 bridgehead atoms. The van der Waals surface area contributed by atoms with Crippen molar-refractivity contribution in [1.29, 1.82) is 0 Å². The molecule has 2 saturated heterocycles. The zero-order valence-electron chi connectivity index (χ0n) is 15.6. The van der Waals surface area contributed by atoms with Gasteiger partial charge in [0.2, 0.25) is 0 Å². The summed E-state index contributed by atoms with van der Waals surface area (Å²) >= 11 is 0. The quantitative estimate of drug-likeness (QED) is 0.737. The maximum Gasteiger partial charge on any atom is 0.289 e. The lowest BCUT2D eigenvalue weighted by Crippen LogP contribution is -2.48. The number of hydrogen-bond acceptors (Lipinski definition) is 5. The second kappa shape index (κ2) is 6.47. The molecule has 2 aliphatic rings. The maximum absolute atomic E-state index is 13.1.